The summed E-state index contributed by atoms with van der Waals surface area (Å²) in [6.45, 7) is 3.09. The van der Waals surface area contributed by atoms with Crippen LogP contribution in [-0.2, 0) is 20.6 Å². The zero-order chi connectivity index (χ0) is 20.9. The average Bonchev–Trinajstić information content (AvgIpc) is 2.58. The number of hydrogen-bond donors (Lipinski definition) is 3. The van der Waals surface area contributed by atoms with Crippen molar-refractivity contribution in [2.24, 2.45) is 0 Å². The molecule has 2 rings (SSSR count). The predicted molar refractivity (Wildman–Crippen MR) is 97.6 cm³/mol. The number of amides is 3. The van der Waals surface area contributed by atoms with Gasteiger partial charge >= 0.3 is 18.0 Å². The summed E-state index contributed by atoms with van der Waals surface area (Å²) in [5.74, 6) is -2.78. The Labute approximate surface area is 159 Å². The van der Waals surface area contributed by atoms with Crippen molar-refractivity contribution in [3.63, 3.8) is 0 Å². The van der Waals surface area contributed by atoms with Crippen LogP contribution in [0.3, 0.4) is 0 Å². The summed E-state index contributed by atoms with van der Waals surface area (Å²) < 4.78 is 38.0. The molecule has 28 heavy (non-hydrogen) atoms. The molecule has 0 atom stereocenters. The van der Waals surface area contributed by atoms with Crippen LogP contribution in [-0.4, -0.2) is 24.3 Å². The van der Waals surface area contributed by atoms with Gasteiger partial charge in [-0.15, -0.1) is 0 Å². The molecule has 2 aromatic rings. The molecule has 0 fully saturated rings. The molecule has 9 heteroatoms. The first-order chi connectivity index (χ1) is 13.0. The topological polar surface area (TPSA) is 87.3 Å². The van der Waals surface area contributed by atoms with Gasteiger partial charge in [0.2, 0.25) is 5.91 Å². The largest absolute Gasteiger partial charge is 0.416 e. The van der Waals surface area contributed by atoms with Gasteiger partial charge in [-0.1, -0.05) is 12.1 Å². The lowest BCUT2D eigenvalue weighted by Gasteiger charge is -2.10. The molecular formula is C19H18F3N3O3. The van der Waals surface area contributed by atoms with Crippen LogP contribution in [0.15, 0.2) is 42.5 Å². The van der Waals surface area contributed by atoms with Crippen molar-refractivity contribution in [3.05, 3.63) is 59.2 Å². The van der Waals surface area contributed by atoms with Crippen molar-refractivity contribution >= 4 is 29.1 Å². The van der Waals surface area contributed by atoms with Gasteiger partial charge in [0.05, 0.1) is 12.1 Å². The van der Waals surface area contributed by atoms with Crippen LogP contribution >= 0.6 is 0 Å². The standard InChI is InChI=1S/C19H18F3N3O3/c1-11-6-12(2)8-15(7-11)25-18(28)17(27)23-10-16(26)24-14-5-3-4-13(9-14)19(20,21)22/h3-9H,10H2,1-2H3,(H,23,27)(H,24,26)(H,25,28). The van der Waals surface area contributed by atoms with Gasteiger partial charge in [-0.3, -0.25) is 14.4 Å². The van der Waals surface area contributed by atoms with E-state index in [1.807, 2.05) is 19.9 Å². The fourth-order valence-electron chi connectivity index (χ4n) is 2.45. The second-order valence-electron chi connectivity index (χ2n) is 6.14. The number of alkyl halides is 3. The number of benzene rings is 2. The second kappa shape index (κ2) is 8.55. The molecule has 3 N–H and O–H groups in total. The lowest BCUT2D eigenvalue weighted by molar-refractivity contribution is -0.137. The minimum absolute atomic E-state index is 0.0752. The van der Waals surface area contributed by atoms with Gasteiger partial charge in [-0.05, 0) is 55.3 Å². The number of halogens is 3. The smallest absolute Gasteiger partial charge is 0.339 e. The maximum Gasteiger partial charge on any atom is 0.416 e. The number of nitrogens with one attached hydrogen (secondary N) is 3. The van der Waals surface area contributed by atoms with Crippen LogP contribution in [0.4, 0.5) is 24.5 Å². The Morgan fingerprint density at radius 3 is 2.11 bits per heavy atom. The minimum atomic E-state index is -4.54. The van der Waals surface area contributed by atoms with Gasteiger partial charge in [-0.2, -0.15) is 13.2 Å². The lowest BCUT2D eigenvalue weighted by atomic mass is 10.1. The summed E-state index contributed by atoms with van der Waals surface area (Å²) in [5, 5.41) is 6.75. The van der Waals surface area contributed by atoms with E-state index in [9.17, 15) is 27.6 Å². The maximum absolute atomic E-state index is 12.7. The maximum atomic E-state index is 12.7. The van der Waals surface area contributed by atoms with Crippen LogP contribution in [0, 0.1) is 13.8 Å². The first-order valence-corrected chi connectivity index (χ1v) is 8.19. The third-order valence-electron chi connectivity index (χ3n) is 3.57. The SMILES string of the molecule is Cc1cc(C)cc(NC(=O)C(=O)NCC(=O)Nc2cccc(C(F)(F)F)c2)c1. The Hall–Kier alpha value is -3.36. The number of hydrogen-bond acceptors (Lipinski definition) is 3. The van der Waals surface area contributed by atoms with Gasteiger partial charge in [0.1, 0.15) is 0 Å². The zero-order valence-electron chi connectivity index (χ0n) is 15.1. The molecule has 0 spiro atoms. The Bertz CT molecular complexity index is 891. The number of carbonyl (C=O) groups excluding carboxylic acids is 3. The second-order valence-corrected chi connectivity index (χ2v) is 6.14. The lowest BCUT2D eigenvalue weighted by Crippen LogP contribution is -2.39. The summed E-state index contributed by atoms with van der Waals surface area (Å²) >= 11 is 0. The number of carbonyl (C=O) groups is 3. The first kappa shape index (κ1) is 20.9. The normalized spacial score (nSPS) is 10.9. The van der Waals surface area contributed by atoms with Gasteiger partial charge in [0.25, 0.3) is 0 Å². The Balaban J connectivity index is 1.88. The van der Waals surface area contributed by atoms with E-state index >= 15 is 0 Å². The molecule has 0 aromatic heterocycles. The molecule has 0 radical (unpaired) electrons. The molecule has 6 nitrogen and oxygen atoms in total. The van der Waals surface area contributed by atoms with Crippen LogP contribution in [0.25, 0.3) is 0 Å². The highest BCUT2D eigenvalue weighted by molar-refractivity contribution is 6.39. The number of rotatable bonds is 4. The summed E-state index contributed by atoms with van der Waals surface area (Å²) in [7, 11) is 0. The van der Waals surface area contributed by atoms with Crippen molar-refractivity contribution in [2.75, 3.05) is 17.2 Å². The van der Waals surface area contributed by atoms with Gasteiger partial charge < -0.3 is 16.0 Å². The highest BCUT2D eigenvalue weighted by Gasteiger charge is 2.30. The third-order valence-corrected chi connectivity index (χ3v) is 3.57. The van der Waals surface area contributed by atoms with E-state index in [1.54, 1.807) is 12.1 Å². The highest BCUT2D eigenvalue weighted by Crippen LogP contribution is 2.30. The van der Waals surface area contributed by atoms with Gasteiger partial charge in [-0.25, -0.2) is 0 Å². The fraction of sp³-hybridized carbons (Fsp3) is 0.211. The molecule has 148 valence electrons. The summed E-state index contributed by atoms with van der Waals surface area (Å²) in [6, 6.07) is 9.32. The van der Waals surface area contributed by atoms with E-state index < -0.39 is 36.0 Å². The summed E-state index contributed by atoms with van der Waals surface area (Å²) in [6.07, 6.45) is -4.54. The highest BCUT2D eigenvalue weighted by atomic mass is 19.4. The molecular weight excluding hydrogens is 375 g/mol. The Morgan fingerprint density at radius 1 is 0.857 bits per heavy atom. The van der Waals surface area contributed by atoms with Crippen molar-refractivity contribution < 1.29 is 27.6 Å². The van der Waals surface area contributed by atoms with Crippen molar-refractivity contribution in [2.45, 2.75) is 20.0 Å². The molecule has 0 aliphatic heterocycles. The quantitative estimate of drug-likeness (QED) is 0.698. The molecule has 3 amide bonds. The molecule has 2 aromatic carbocycles. The van der Waals surface area contributed by atoms with E-state index in [-0.39, 0.29) is 5.69 Å². The van der Waals surface area contributed by atoms with Crippen LogP contribution in [0.2, 0.25) is 0 Å². The molecule has 0 saturated heterocycles. The van der Waals surface area contributed by atoms with Crippen LogP contribution < -0.4 is 16.0 Å². The molecule has 0 bridgehead atoms. The first-order valence-electron chi connectivity index (χ1n) is 8.19. The zero-order valence-corrected chi connectivity index (χ0v) is 15.1. The summed E-state index contributed by atoms with van der Waals surface area (Å²) in [4.78, 5) is 35.5. The Morgan fingerprint density at radius 2 is 1.50 bits per heavy atom. The summed E-state index contributed by atoms with van der Waals surface area (Å²) in [5.41, 5.74) is 1.24. The molecule has 0 saturated carbocycles. The van der Waals surface area contributed by atoms with Crippen molar-refractivity contribution in [1.29, 1.82) is 0 Å². The number of aryl methyl sites for hydroxylation is 2. The van der Waals surface area contributed by atoms with E-state index in [0.717, 1.165) is 29.3 Å². The van der Waals surface area contributed by atoms with E-state index in [0.29, 0.717) is 5.69 Å². The molecule has 0 aliphatic carbocycles. The van der Waals surface area contributed by atoms with E-state index in [1.165, 1.54) is 6.07 Å². The molecule has 0 aliphatic rings. The van der Waals surface area contributed by atoms with Crippen molar-refractivity contribution in [3.8, 4) is 0 Å². The fourth-order valence-corrected chi connectivity index (χ4v) is 2.45. The van der Waals surface area contributed by atoms with Crippen LogP contribution in [0.5, 0.6) is 0 Å². The van der Waals surface area contributed by atoms with Gasteiger partial charge in [0, 0.05) is 11.4 Å². The van der Waals surface area contributed by atoms with Gasteiger partial charge in [0.15, 0.2) is 0 Å². The molecule has 0 unspecified atom stereocenters. The number of anilines is 2. The van der Waals surface area contributed by atoms with Crippen molar-refractivity contribution in [1.82, 2.24) is 5.32 Å². The monoisotopic (exact) mass is 393 g/mol. The average molecular weight is 393 g/mol. The minimum Gasteiger partial charge on any atom is -0.339 e. The third kappa shape index (κ3) is 6.11. The Kier molecular flexibility index (Phi) is 6.40. The molecule has 0 heterocycles. The van der Waals surface area contributed by atoms with E-state index in [2.05, 4.69) is 16.0 Å². The van der Waals surface area contributed by atoms with Crippen LogP contribution in [0.1, 0.15) is 16.7 Å². The predicted octanol–water partition coefficient (Wildman–Crippen LogP) is 3.02. The van der Waals surface area contributed by atoms with E-state index in [4.69, 9.17) is 0 Å².